The highest BCUT2D eigenvalue weighted by atomic mass is 16.5. The second-order valence-corrected chi connectivity index (χ2v) is 5.25. The van der Waals surface area contributed by atoms with E-state index in [-0.39, 0.29) is 12.1 Å². The van der Waals surface area contributed by atoms with Crippen molar-refractivity contribution in [2.24, 2.45) is 5.84 Å². The molecule has 1 saturated heterocycles. The van der Waals surface area contributed by atoms with E-state index in [4.69, 9.17) is 10.6 Å². The van der Waals surface area contributed by atoms with Gasteiger partial charge in [0.2, 0.25) is 0 Å². The third-order valence-electron chi connectivity index (χ3n) is 3.47. The second-order valence-electron chi connectivity index (χ2n) is 5.25. The number of hydrazine groups is 1. The molecule has 0 aliphatic carbocycles. The van der Waals surface area contributed by atoms with Gasteiger partial charge in [0.15, 0.2) is 0 Å². The molecule has 6 nitrogen and oxygen atoms in total. The van der Waals surface area contributed by atoms with Gasteiger partial charge in [0.05, 0.1) is 18.2 Å². The van der Waals surface area contributed by atoms with Crippen LogP contribution in [0.1, 0.15) is 45.5 Å². The fourth-order valence-electron chi connectivity index (χ4n) is 2.48. The van der Waals surface area contributed by atoms with Crippen LogP contribution in [0, 0.1) is 0 Å². The molecule has 0 radical (unpaired) electrons. The van der Waals surface area contributed by atoms with Crippen molar-refractivity contribution in [1.82, 2.24) is 20.2 Å². The summed E-state index contributed by atoms with van der Waals surface area (Å²) in [4.78, 5) is 4.32. The maximum absolute atomic E-state index is 5.86. The van der Waals surface area contributed by atoms with Gasteiger partial charge in [0, 0.05) is 12.5 Å². The molecule has 1 fully saturated rings. The van der Waals surface area contributed by atoms with Crippen molar-refractivity contribution in [2.75, 3.05) is 0 Å². The zero-order valence-electron chi connectivity index (χ0n) is 11.3. The van der Waals surface area contributed by atoms with Crippen LogP contribution < -0.4 is 11.3 Å². The summed E-state index contributed by atoms with van der Waals surface area (Å²) in [7, 11) is 0. The lowest BCUT2D eigenvalue weighted by atomic mass is 10.0. The van der Waals surface area contributed by atoms with Crippen LogP contribution in [0.15, 0.2) is 6.33 Å². The molecule has 1 aromatic heterocycles. The molecule has 3 unspecified atom stereocenters. The molecule has 0 amide bonds. The monoisotopic (exact) mass is 253 g/mol. The molecule has 1 aromatic rings. The van der Waals surface area contributed by atoms with Gasteiger partial charge in [-0.3, -0.25) is 11.3 Å². The lowest BCUT2D eigenvalue weighted by Crippen LogP contribution is -2.46. The first kappa shape index (κ1) is 13.5. The Morgan fingerprint density at radius 2 is 2.33 bits per heavy atom. The zero-order chi connectivity index (χ0) is 13.1. The third-order valence-corrected chi connectivity index (χ3v) is 3.47. The minimum absolute atomic E-state index is 0.0941. The van der Waals surface area contributed by atoms with Gasteiger partial charge in [-0.15, -0.1) is 0 Å². The molecule has 3 atom stereocenters. The largest absolute Gasteiger partial charge is 0.374 e. The van der Waals surface area contributed by atoms with Crippen molar-refractivity contribution in [1.29, 1.82) is 0 Å². The molecule has 6 heteroatoms. The van der Waals surface area contributed by atoms with Crippen LogP contribution in [0.2, 0.25) is 0 Å². The normalized spacial score (nSPS) is 25.8. The van der Waals surface area contributed by atoms with Gasteiger partial charge in [0.1, 0.15) is 12.2 Å². The molecule has 0 aromatic carbocycles. The molecule has 2 heterocycles. The summed E-state index contributed by atoms with van der Waals surface area (Å²) in [5.74, 6) is 6.61. The van der Waals surface area contributed by atoms with Gasteiger partial charge in [-0.05, 0) is 33.6 Å². The predicted octanol–water partition coefficient (Wildman–Crippen LogP) is 0.801. The molecule has 1 aliphatic heterocycles. The summed E-state index contributed by atoms with van der Waals surface area (Å²) in [6.45, 7) is 6.29. The lowest BCUT2D eigenvalue weighted by molar-refractivity contribution is 0.0313. The van der Waals surface area contributed by atoms with E-state index in [9.17, 15) is 0 Å². The number of nitrogens with two attached hydrogens (primary N) is 1. The van der Waals surface area contributed by atoms with Crippen molar-refractivity contribution >= 4 is 0 Å². The Morgan fingerprint density at radius 3 is 2.89 bits per heavy atom. The van der Waals surface area contributed by atoms with Crippen molar-refractivity contribution in [3.63, 3.8) is 0 Å². The molecule has 0 saturated carbocycles. The summed E-state index contributed by atoms with van der Waals surface area (Å²) >= 11 is 0. The van der Waals surface area contributed by atoms with Crippen LogP contribution in [-0.4, -0.2) is 33.0 Å². The van der Waals surface area contributed by atoms with E-state index >= 15 is 0 Å². The number of ether oxygens (including phenoxy) is 1. The zero-order valence-corrected chi connectivity index (χ0v) is 11.3. The van der Waals surface area contributed by atoms with Crippen LogP contribution in [0.5, 0.6) is 0 Å². The van der Waals surface area contributed by atoms with E-state index in [1.54, 1.807) is 6.33 Å². The minimum Gasteiger partial charge on any atom is -0.374 e. The highest BCUT2D eigenvalue weighted by Crippen LogP contribution is 2.23. The van der Waals surface area contributed by atoms with E-state index in [1.807, 2.05) is 4.68 Å². The van der Waals surface area contributed by atoms with Gasteiger partial charge < -0.3 is 4.74 Å². The number of hydrogen-bond acceptors (Lipinski definition) is 5. The van der Waals surface area contributed by atoms with Crippen LogP contribution in [0.25, 0.3) is 0 Å². The van der Waals surface area contributed by atoms with Crippen LogP contribution in [0.4, 0.5) is 0 Å². The second kappa shape index (κ2) is 5.77. The quantitative estimate of drug-likeness (QED) is 0.599. The van der Waals surface area contributed by atoms with Crippen molar-refractivity contribution in [3.8, 4) is 0 Å². The highest BCUT2D eigenvalue weighted by Gasteiger charge is 2.30. The summed E-state index contributed by atoms with van der Waals surface area (Å²) in [5, 5.41) is 4.24. The van der Waals surface area contributed by atoms with Gasteiger partial charge >= 0.3 is 0 Å². The molecule has 2 rings (SSSR count). The molecule has 1 aliphatic rings. The minimum atomic E-state index is 0.0941. The average Bonchev–Trinajstić information content (AvgIpc) is 2.94. The highest BCUT2D eigenvalue weighted by molar-refractivity contribution is 4.94. The van der Waals surface area contributed by atoms with Crippen molar-refractivity contribution in [2.45, 2.75) is 64.3 Å². The van der Waals surface area contributed by atoms with Gasteiger partial charge in [-0.2, -0.15) is 5.10 Å². The van der Waals surface area contributed by atoms with E-state index in [0.717, 1.165) is 25.1 Å². The molecular formula is C12H23N5O. The summed E-state index contributed by atoms with van der Waals surface area (Å²) in [5.41, 5.74) is 2.86. The number of hydrogen-bond donors (Lipinski definition) is 2. The van der Waals surface area contributed by atoms with Crippen LogP contribution in [-0.2, 0) is 11.2 Å². The molecular weight excluding hydrogens is 230 g/mol. The fourth-order valence-corrected chi connectivity index (χ4v) is 2.48. The van der Waals surface area contributed by atoms with Crippen LogP contribution in [0.3, 0.4) is 0 Å². The summed E-state index contributed by atoms with van der Waals surface area (Å²) in [6.07, 6.45) is 4.98. The standard InChI is InChI=1S/C12H23N5O/c1-8(2)17-12(14-7-15-17)6-10(16-13)11-5-4-9(3)18-11/h7-11,16H,4-6,13H2,1-3H3. The molecule has 0 spiro atoms. The molecule has 3 N–H and O–H groups in total. The molecule has 0 bridgehead atoms. The lowest BCUT2D eigenvalue weighted by Gasteiger charge is -2.23. The maximum atomic E-state index is 5.86. The summed E-state index contributed by atoms with van der Waals surface area (Å²) in [6, 6.07) is 0.404. The molecule has 18 heavy (non-hydrogen) atoms. The van der Waals surface area contributed by atoms with E-state index in [2.05, 4.69) is 36.3 Å². The fraction of sp³-hybridized carbons (Fsp3) is 0.833. The maximum Gasteiger partial charge on any atom is 0.138 e. The van der Waals surface area contributed by atoms with E-state index in [0.29, 0.717) is 12.1 Å². The number of nitrogens with one attached hydrogen (secondary N) is 1. The Kier molecular flexibility index (Phi) is 4.31. The Bertz CT molecular complexity index is 378. The van der Waals surface area contributed by atoms with Gasteiger partial charge in [0.25, 0.3) is 0 Å². The number of aromatic nitrogens is 3. The topological polar surface area (TPSA) is 78.0 Å². The van der Waals surface area contributed by atoms with Gasteiger partial charge in [-0.25, -0.2) is 9.67 Å². The first-order chi connectivity index (χ1) is 8.61. The Morgan fingerprint density at radius 1 is 1.56 bits per heavy atom. The summed E-state index contributed by atoms with van der Waals surface area (Å²) < 4.78 is 7.80. The molecule has 102 valence electrons. The Hall–Kier alpha value is -0.980. The Labute approximate surface area is 108 Å². The van der Waals surface area contributed by atoms with Gasteiger partial charge in [-0.1, -0.05) is 0 Å². The number of nitrogens with zero attached hydrogens (tertiary/aromatic N) is 3. The average molecular weight is 253 g/mol. The smallest absolute Gasteiger partial charge is 0.138 e. The first-order valence-corrected chi connectivity index (χ1v) is 6.61. The Balaban J connectivity index is 2.03. The van der Waals surface area contributed by atoms with E-state index < -0.39 is 0 Å². The first-order valence-electron chi connectivity index (χ1n) is 6.61. The van der Waals surface area contributed by atoms with Crippen LogP contribution >= 0.6 is 0 Å². The van der Waals surface area contributed by atoms with Crippen molar-refractivity contribution in [3.05, 3.63) is 12.2 Å². The van der Waals surface area contributed by atoms with E-state index in [1.165, 1.54) is 0 Å². The number of rotatable bonds is 5. The predicted molar refractivity (Wildman–Crippen MR) is 68.8 cm³/mol. The SMILES string of the molecule is CC1CCC(C(Cc2ncnn2C(C)C)NN)O1. The third kappa shape index (κ3) is 2.88. The van der Waals surface area contributed by atoms with Crippen molar-refractivity contribution < 1.29 is 4.74 Å².